The van der Waals surface area contributed by atoms with E-state index in [1.54, 1.807) is 12.4 Å². The number of aliphatic hydroxyl groups is 1. The molecule has 8 nitrogen and oxygen atoms in total. The molecule has 2 aromatic rings. The molecule has 3 heterocycles. The monoisotopic (exact) mass is 329 g/mol. The first kappa shape index (κ1) is 16.4. The van der Waals surface area contributed by atoms with Gasteiger partial charge in [0, 0.05) is 57.7 Å². The summed E-state index contributed by atoms with van der Waals surface area (Å²) in [5.74, 6) is 1.93. The van der Waals surface area contributed by atoms with E-state index >= 15 is 0 Å². The maximum Gasteiger partial charge on any atom is 0.227 e. The third-order valence-electron chi connectivity index (χ3n) is 4.09. The van der Waals surface area contributed by atoms with E-state index in [9.17, 15) is 5.11 Å². The van der Waals surface area contributed by atoms with Crippen molar-refractivity contribution in [2.45, 2.75) is 12.6 Å². The Morgan fingerprint density at radius 1 is 1.25 bits per heavy atom. The highest BCUT2D eigenvalue weighted by molar-refractivity contribution is 5.41. The number of nitrogens with one attached hydrogen (secondary N) is 1. The minimum absolute atomic E-state index is 0.479. The van der Waals surface area contributed by atoms with Crippen molar-refractivity contribution in [3.05, 3.63) is 36.2 Å². The van der Waals surface area contributed by atoms with Gasteiger partial charge in [-0.3, -0.25) is 4.90 Å². The van der Waals surface area contributed by atoms with Crippen LogP contribution in [0.2, 0.25) is 0 Å². The maximum absolute atomic E-state index is 10.4. The number of aromatic nitrogens is 3. The Kier molecular flexibility index (Phi) is 5.07. The van der Waals surface area contributed by atoms with Crippen LogP contribution in [0.3, 0.4) is 0 Å². The number of nitrogens with zero attached hydrogens (tertiary/aromatic N) is 5. The number of β-amino-alcohol motifs (C(OH)–C–C–N with tert-alkyl or cyclic N) is 1. The van der Waals surface area contributed by atoms with Gasteiger partial charge in [-0.05, 0) is 12.1 Å². The van der Waals surface area contributed by atoms with E-state index in [4.69, 9.17) is 5.73 Å². The molecule has 1 saturated heterocycles. The summed E-state index contributed by atoms with van der Waals surface area (Å²) in [5, 5.41) is 13.4. The molecule has 0 saturated carbocycles. The zero-order valence-corrected chi connectivity index (χ0v) is 13.8. The van der Waals surface area contributed by atoms with Gasteiger partial charge in [-0.15, -0.1) is 0 Å². The van der Waals surface area contributed by atoms with Crippen LogP contribution < -0.4 is 16.0 Å². The number of pyridine rings is 1. The third-order valence-corrected chi connectivity index (χ3v) is 4.09. The molecule has 1 atom stereocenters. The van der Waals surface area contributed by atoms with Crippen LogP contribution in [0.25, 0.3) is 0 Å². The number of anilines is 3. The lowest BCUT2D eigenvalue weighted by molar-refractivity contribution is 0.129. The molecule has 0 aromatic carbocycles. The molecule has 0 radical (unpaired) electrons. The van der Waals surface area contributed by atoms with Crippen molar-refractivity contribution in [3.8, 4) is 0 Å². The van der Waals surface area contributed by atoms with Crippen molar-refractivity contribution in [2.75, 3.05) is 49.2 Å². The van der Waals surface area contributed by atoms with Crippen LogP contribution in [0.4, 0.5) is 17.6 Å². The first-order valence-corrected chi connectivity index (χ1v) is 8.01. The van der Waals surface area contributed by atoms with Crippen LogP contribution in [-0.4, -0.2) is 64.3 Å². The molecule has 0 aliphatic carbocycles. The van der Waals surface area contributed by atoms with Crippen molar-refractivity contribution < 1.29 is 5.11 Å². The summed E-state index contributed by atoms with van der Waals surface area (Å²) in [6.45, 7) is 3.29. The summed E-state index contributed by atoms with van der Waals surface area (Å²) in [6, 6.07) is 5.66. The van der Waals surface area contributed by atoms with Crippen LogP contribution in [0.5, 0.6) is 0 Å². The van der Waals surface area contributed by atoms with E-state index < -0.39 is 6.10 Å². The number of nitrogen functional groups attached to an aromatic ring is 1. The fraction of sp³-hybridized carbons (Fsp3) is 0.438. The number of aliphatic hydroxyl groups excluding tert-OH is 1. The van der Waals surface area contributed by atoms with E-state index in [-0.39, 0.29) is 0 Å². The molecule has 1 fully saturated rings. The average Bonchev–Trinajstić information content (AvgIpc) is 2.78. The van der Waals surface area contributed by atoms with Gasteiger partial charge in [0.15, 0.2) is 0 Å². The van der Waals surface area contributed by atoms with Gasteiger partial charge in [0.25, 0.3) is 0 Å². The highest BCUT2D eigenvalue weighted by Crippen LogP contribution is 2.16. The van der Waals surface area contributed by atoms with Crippen LogP contribution >= 0.6 is 0 Å². The molecular weight excluding hydrogens is 306 g/mol. The fourth-order valence-electron chi connectivity index (χ4n) is 2.85. The predicted molar refractivity (Wildman–Crippen MR) is 93.7 cm³/mol. The van der Waals surface area contributed by atoms with Gasteiger partial charge in [-0.25, -0.2) is 9.97 Å². The molecule has 128 valence electrons. The number of rotatable bonds is 4. The molecule has 1 aliphatic rings. The minimum atomic E-state index is -0.479. The van der Waals surface area contributed by atoms with Crippen molar-refractivity contribution in [1.82, 2.24) is 19.9 Å². The maximum atomic E-state index is 10.4. The molecule has 0 amide bonds. The molecule has 0 spiro atoms. The Labute approximate surface area is 141 Å². The van der Waals surface area contributed by atoms with Crippen LogP contribution in [0.1, 0.15) is 5.56 Å². The lowest BCUT2D eigenvalue weighted by Crippen LogP contribution is -2.34. The molecule has 24 heavy (non-hydrogen) atoms. The molecule has 1 unspecified atom stereocenters. The topological polar surface area (TPSA) is 103 Å². The quantitative estimate of drug-likeness (QED) is 0.730. The van der Waals surface area contributed by atoms with E-state index in [2.05, 4.69) is 25.2 Å². The largest absolute Gasteiger partial charge is 0.390 e. The van der Waals surface area contributed by atoms with Gasteiger partial charge in [-0.2, -0.15) is 4.98 Å². The Hall–Kier alpha value is -2.45. The summed E-state index contributed by atoms with van der Waals surface area (Å²) in [4.78, 5) is 17.1. The first-order valence-electron chi connectivity index (χ1n) is 8.01. The zero-order chi connectivity index (χ0) is 16.9. The Morgan fingerprint density at radius 2 is 2.12 bits per heavy atom. The van der Waals surface area contributed by atoms with Crippen LogP contribution in [-0.2, 0) is 6.54 Å². The van der Waals surface area contributed by atoms with Gasteiger partial charge in [0.05, 0.1) is 6.10 Å². The molecule has 2 aromatic heterocycles. The molecule has 1 aliphatic heterocycles. The fourth-order valence-corrected chi connectivity index (χ4v) is 2.85. The Bertz CT molecular complexity index is 681. The summed E-state index contributed by atoms with van der Waals surface area (Å²) >= 11 is 0. The second kappa shape index (κ2) is 7.41. The highest BCUT2D eigenvalue weighted by atomic mass is 16.3. The van der Waals surface area contributed by atoms with E-state index in [1.807, 2.05) is 30.1 Å². The van der Waals surface area contributed by atoms with E-state index in [0.29, 0.717) is 31.4 Å². The van der Waals surface area contributed by atoms with Gasteiger partial charge < -0.3 is 21.1 Å². The van der Waals surface area contributed by atoms with Gasteiger partial charge in [0.1, 0.15) is 11.6 Å². The SMILES string of the molecule is CNc1ccnc(N2CCN(Cc3cccnc3N)CC(O)C2)n1. The molecular formula is C16H23N7O. The summed E-state index contributed by atoms with van der Waals surface area (Å²) in [5.41, 5.74) is 6.90. The Balaban J connectivity index is 1.70. The predicted octanol–water partition coefficient (Wildman–Crippen LogP) is 0.179. The lowest BCUT2D eigenvalue weighted by Gasteiger charge is -2.22. The van der Waals surface area contributed by atoms with Crippen molar-refractivity contribution in [1.29, 1.82) is 0 Å². The van der Waals surface area contributed by atoms with Crippen molar-refractivity contribution >= 4 is 17.6 Å². The summed E-state index contributed by atoms with van der Waals surface area (Å²) in [7, 11) is 1.82. The van der Waals surface area contributed by atoms with Gasteiger partial charge >= 0.3 is 0 Å². The first-order chi connectivity index (χ1) is 11.7. The second-order valence-corrected chi connectivity index (χ2v) is 5.87. The summed E-state index contributed by atoms with van der Waals surface area (Å²) < 4.78 is 0. The molecule has 8 heteroatoms. The van der Waals surface area contributed by atoms with E-state index in [1.165, 1.54) is 0 Å². The zero-order valence-electron chi connectivity index (χ0n) is 13.8. The highest BCUT2D eigenvalue weighted by Gasteiger charge is 2.23. The lowest BCUT2D eigenvalue weighted by atomic mass is 10.2. The smallest absolute Gasteiger partial charge is 0.227 e. The van der Waals surface area contributed by atoms with Gasteiger partial charge in [0.2, 0.25) is 5.95 Å². The van der Waals surface area contributed by atoms with Crippen LogP contribution in [0.15, 0.2) is 30.6 Å². The third kappa shape index (κ3) is 3.90. The molecule has 0 bridgehead atoms. The minimum Gasteiger partial charge on any atom is -0.390 e. The molecule has 3 rings (SSSR count). The second-order valence-electron chi connectivity index (χ2n) is 5.87. The number of hydrogen-bond donors (Lipinski definition) is 3. The number of nitrogens with two attached hydrogens (primary N) is 1. The average molecular weight is 329 g/mol. The van der Waals surface area contributed by atoms with E-state index in [0.717, 1.165) is 24.5 Å². The normalized spacial score (nSPS) is 19.1. The Morgan fingerprint density at radius 3 is 2.92 bits per heavy atom. The van der Waals surface area contributed by atoms with Crippen molar-refractivity contribution in [2.24, 2.45) is 0 Å². The van der Waals surface area contributed by atoms with Crippen molar-refractivity contribution in [3.63, 3.8) is 0 Å². The standard InChI is InChI=1S/C16H23N7O/c1-18-14-4-6-20-16(21-14)23-8-7-22(10-13(24)11-23)9-12-3-2-5-19-15(12)17/h2-6,13,24H,7-11H2,1H3,(H2,17,19)(H,18,20,21). The van der Waals surface area contributed by atoms with Gasteiger partial charge in [-0.1, -0.05) is 6.07 Å². The van der Waals surface area contributed by atoms with Crippen LogP contribution in [0, 0.1) is 0 Å². The molecule has 4 N–H and O–H groups in total. The number of hydrogen-bond acceptors (Lipinski definition) is 8. The summed E-state index contributed by atoms with van der Waals surface area (Å²) in [6.07, 6.45) is 2.93.